The highest BCUT2D eigenvalue weighted by Crippen LogP contribution is 2.17. The second-order valence-electron chi connectivity index (χ2n) is 7.13. The van der Waals surface area contributed by atoms with E-state index in [0.29, 0.717) is 13.1 Å². The van der Waals surface area contributed by atoms with Crippen molar-refractivity contribution in [2.45, 2.75) is 19.4 Å². The monoisotopic (exact) mass is 524 g/mol. The number of morpholine rings is 1. The summed E-state index contributed by atoms with van der Waals surface area (Å²) in [4.78, 5) is 7.05. The van der Waals surface area contributed by atoms with E-state index < -0.39 is 0 Å². The SMILES string of the molecule is CCNC(=NCc1ccc(N2CCOCC2)cc1)NCC(CO)c1ccccc1.I. The number of hydrogen-bond acceptors (Lipinski definition) is 4. The van der Waals surface area contributed by atoms with Crippen LogP contribution in [0.1, 0.15) is 24.0 Å². The fourth-order valence-corrected chi connectivity index (χ4v) is 3.38. The maximum absolute atomic E-state index is 9.75. The molecule has 0 aromatic heterocycles. The molecule has 2 aromatic carbocycles. The van der Waals surface area contributed by atoms with E-state index >= 15 is 0 Å². The Morgan fingerprint density at radius 3 is 2.40 bits per heavy atom. The first-order valence-corrected chi connectivity index (χ1v) is 10.4. The first-order chi connectivity index (χ1) is 14.3. The number of nitrogens with one attached hydrogen (secondary N) is 2. The van der Waals surface area contributed by atoms with Crippen molar-refractivity contribution in [3.63, 3.8) is 0 Å². The Morgan fingerprint density at radius 2 is 1.77 bits per heavy atom. The van der Waals surface area contributed by atoms with Gasteiger partial charge in [0.2, 0.25) is 0 Å². The van der Waals surface area contributed by atoms with Gasteiger partial charge in [-0.3, -0.25) is 0 Å². The Hall–Kier alpha value is -1.84. The van der Waals surface area contributed by atoms with E-state index in [4.69, 9.17) is 9.73 Å². The third-order valence-corrected chi connectivity index (χ3v) is 5.08. The highest BCUT2D eigenvalue weighted by molar-refractivity contribution is 14.0. The van der Waals surface area contributed by atoms with E-state index in [1.807, 2.05) is 30.3 Å². The van der Waals surface area contributed by atoms with Crippen LogP contribution in [0.4, 0.5) is 5.69 Å². The van der Waals surface area contributed by atoms with Gasteiger partial charge in [0.15, 0.2) is 5.96 Å². The molecule has 1 heterocycles. The third-order valence-electron chi connectivity index (χ3n) is 5.08. The number of guanidine groups is 1. The minimum atomic E-state index is 0. The number of halogens is 1. The summed E-state index contributed by atoms with van der Waals surface area (Å²) in [6, 6.07) is 18.7. The average Bonchev–Trinajstić information content (AvgIpc) is 2.79. The Kier molecular flexibility index (Phi) is 11.0. The van der Waals surface area contributed by atoms with Crippen LogP contribution in [0.15, 0.2) is 59.6 Å². The number of benzene rings is 2. The summed E-state index contributed by atoms with van der Waals surface area (Å²) in [5, 5.41) is 16.4. The maximum atomic E-state index is 9.75. The fourth-order valence-electron chi connectivity index (χ4n) is 3.38. The summed E-state index contributed by atoms with van der Waals surface area (Å²) in [6.07, 6.45) is 0. The average molecular weight is 524 g/mol. The number of aliphatic hydroxyl groups excluding tert-OH is 1. The van der Waals surface area contributed by atoms with Gasteiger partial charge in [-0.25, -0.2) is 4.99 Å². The molecule has 1 fully saturated rings. The molecule has 1 saturated heterocycles. The lowest BCUT2D eigenvalue weighted by Gasteiger charge is -2.28. The standard InChI is InChI=1S/C23H32N4O2.HI/c1-2-24-23(26-17-21(18-28)20-6-4-3-5-7-20)25-16-19-8-10-22(11-9-19)27-12-14-29-15-13-27;/h3-11,21,28H,2,12-18H2,1H3,(H2,24,25,26);1H. The van der Waals surface area contributed by atoms with Crippen LogP contribution >= 0.6 is 24.0 Å². The van der Waals surface area contributed by atoms with Crippen LogP contribution in [0.3, 0.4) is 0 Å². The Balaban J connectivity index is 0.00000320. The van der Waals surface area contributed by atoms with Crippen molar-refractivity contribution in [3.8, 4) is 0 Å². The molecule has 0 radical (unpaired) electrons. The van der Waals surface area contributed by atoms with Crippen LogP contribution in [-0.2, 0) is 11.3 Å². The largest absolute Gasteiger partial charge is 0.396 e. The molecule has 1 aliphatic rings. The molecule has 3 rings (SSSR count). The lowest BCUT2D eigenvalue weighted by molar-refractivity contribution is 0.122. The minimum Gasteiger partial charge on any atom is -0.396 e. The summed E-state index contributed by atoms with van der Waals surface area (Å²) in [7, 11) is 0. The highest BCUT2D eigenvalue weighted by Gasteiger charge is 2.12. The van der Waals surface area contributed by atoms with Gasteiger partial charge in [-0.05, 0) is 30.2 Å². The van der Waals surface area contributed by atoms with Crippen molar-refractivity contribution in [1.29, 1.82) is 0 Å². The predicted molar refractivity (Wildman–Crippen MR) is 134 cm³/mol. The van der Waals surface area contributed by atoms with Crippen molar-refractivity contribution in [2.24, 2.45) is 4.99 Å². The first kappa shape index (κ1) is 24.4. The molecular weight excluding hydrogens is 491 g/mol. The molecule has 2 aromatic rings. The lowest BCUT2D eigenvalue weighted by Crippen LogP contribution is -2.39. The van der Waals surface area contributed by atoms with E-state index in [9.17, 15) is 5.11 Å². The third kappa shape index (κ3) is 7.45. The number of aliphatic hydroxyl groups is 1. The zero-order valence-corrected chi connectivity index (χ0v) is 19.9. The van der Waals surface area contributed by atoms with Gasteiger partial charge in [0.05, 0.1) is 26.4 Å². The van der Waals surface area contributed by atoms with E-state index in [-0.39, 0.29) is 36.5 Å². The van der Waals surface area contributed by atoms with E-state index in [2.05, 4.69) is 46.7 Å². The molecule has 6 nitrogen and oxygen atoms in total. The molecule has 30 heavy (non-hydrogen) atoms. The van der Waals surface area contributed by atoms with Gasteiger partial charge in [-0.15, -0.1) is 24.0 Å². The molecule has 0 saturated carbocycles. The topological polar surface area (TPSA) is 69.1 Å². The second-order valence-corrected chi connectivity index (χ2v) is 7.13. The highest BCUT2D eigenvalue weighted by atomic mass is 127. The fraction of sp³-hybridized carbons (Fsp3) is 0.435. The maximum Gasteiger partial charge on any atom is 0.191 e. The van der Waals surface area contributed by atoms with Gasteiger partial charge < -0.3 is 25.4 Å². The van der Waals surface area contributed by atoms with Crippen molar-refractivity contribution >= 4 is 35.6 Å². The summed E-state index contributed by atoms with van der Waals surface area (Å²) < 4.78 is 5.42. The van der Waals surface area contributed by atoms with Crippen LogP contribution in [-0.4, -0.2) is 57.1 Å². The molecule has 1 unspecified atom stereocenters. The minimum absolute atomic E-state index is 0. The van der Waals surface area contributed by atoms with E-state index in [1.165, 1.54) is 11.3 Å². The van der Waals surface area contributed by atoms with Gasteiger partial charge in [-0.2, -0.15) is 0 Å². The number of ether oxygens (including phenoxy) is 1. The Labute approximate surface area is 196 Å². The molecule has 7 heteroatoms. The first-order valence-electron chi connectivity index (χ1n) is 10.4. The number of aliphatic imine (C=N–C) groups is 1. The van der Waals surface area contributed by atoms with Crippen LogP contribution < -0.4 is 15.5 Å². The number of anilines is 1. The molecule has 1 atom stereocenters. The van der Waals surface area contributed by atoms with Crippen molar-refractivity contribution < 1.29 is 9.84 Å². The van der Waals surface area contributed by atoms with E-state index in [0.717, 1.165) is 44.4 Å². The van der Waals surface area contributed by atoms with Gasteiger partial charge >= 0.3 is 0 Å². The molecular formula is C23H33IN4O2. The number of nitrogens with zero attached hydrogens (tertiary/aromatic N) is 2. The van der Waals surface area contributed by atoms with E-state index in [1.54, 1.807) is 0 Å². The van der Waals surface area contributed by atoms with Gasteiger partial charge in [-0.1, -0.05) is 42.5 Å². The zero-order chi connectivity index (χ0) is 20.3. The van der Waals surface area contributed by atoms with Gasteiger partial charge in [0.25, 0.3) is 0 Å². The smallest absolute Gasteiger partial charge is 0.191 e. The summed E-state index contributed by atoms with van der Waals surface area (Å²) in [5.74, 6) is 0.798. The van der Waals surface area contributed by atoms with Crippen molar-refractivity contribution in [1.82, 2.24) is 10.6 Å². The van der Waals surface area contributed by atoms with Crippen molar-refractivity contribution in [2.75, 3.05) is 50.9 Å². The zero-order valence-electron chi connectivity index (χ0n) is 17.6. The van der Waals surface area contributed by atoms with Crippen LogP contribution in [0.5, 0.6) is 0 Å². The van der Waals surface area contributed by atoms with Gasteiger partial charge in [0.1, 0.15) is 0 Å². The van der Waals surface area contributed by atoms with Gasteiger partial charge in [0, 0.05) is 37.8 Å². The number of rotatable bonds is 8. The molecule has 0 bridgehead atoms. The van der Waals surface area contributed by atoms with Crippen LogP contribution in [0.25, 0.3) is 0 Å². The lowest BCUT2D eigenvalue weighted by atomic mass is 10.0. The van der Waals surface area contributed by atoms with Crippen LogP contribution in [0, 0.1) is 0 Å². The molecule has 164 valence electrons. The Bertz CT molecular complexity index is 750. The van der Waals surface area contributed by atoms with Crippen LogP contribution in [0.2, 0.25) is 0 Å². The molecule has 0 spiro atoms. The van der Waals surface area contributed by atoms with Crippen molar-refractivity contribution in [3.05, 3.63) is 65.7 Å². The summed E-state index contributed by atoms with van der Waals surface area (Å²) in [6.45, 7) is 7.64. The summed E-state index contributed by atoms with van der Waals surface area (Å²) in [5.41, 5.74) is 3.53. The quantitative estimate of drug-likeness (QED) is 0.282. The number of hydrogen-bond donors (Lipinski definition) is 3. The second kappa shape index (κ2) is 13.5. The predicted octanol–water partition coefficient (Wildman–Crippen LogP) is 2.97. The normalized spacial score (nSPS) is 15.3. The molecule has 0 amide bonds. The summed E-state index contributed by atoms with van der Waals surface area (Å²) >= 11 is 0. The Morgan fingerprint density at radius 1 is 1.07 bits per heavy atom. The molecule has 3 N–H and O–H groups in total. The molecule has 0 aliphatic carbocycles. The molecule has 1 aliphatic heterocycles.